The van der Waals surface area contributed by atoms with Gasteiger partial charge in [-0.1, -0.05) is 0 Å². The molecule has 0 heterocycles. The maximum Gasteiger partial charge on any atom is 0.416 e. The summed E-state index contributed by atoms with van der Waals surface area (Å²) in [6, 6.07) is 0.605. The number of hydrogen-bond donors (Lipinski definition) is 2. The van der Waals surface area contributed by atoms with E-state index in [-0.39, 0.29) is 37.4 Å². The number of benzene rings is 1. The highest BCUT2D eigenvalue weighted by Crippen LogP contribution is 2.37. The maximum atomic E-state index is 12.6. The minimum Gasteiger partial charge on any atom is -0.328 e. The number of halogens is 7. The van der Waals surface area contributed by atoms with Crippen molar-refractivity contribution in [1.29, 1.82) is 0 Å². The van der Waals surface area contributed by atoms with Crippen LogP contribution in [-0.2, 0) is 17.1 Å². The average molecular weight is 365 g/mol. The molecule has 0 saturated carbocycles. The summed E-state index contributed by atoms with van der Waals surface area (Å²) in [5, 5.41) is 2.03. The molecular weight excluding hydrogens is 350 g/mol. The molecule has 0 aromatic heterocycles. The fraction of sp³-hybridized carbons (Fsp3) is 0.462. The smallest absolute Gasteiger partial charge is 0.328 e. The molecule has 0 bridgehead atoms. The number of anilines is 1. The summed E-state index contributed by atoms with van der Waals surface area (Å²) in [5.41, 5.74) is 1.90. The Labute approximate surface area is 134 Å². The third-order valence-electron chi connectivity index (χ3n) is 2.70. The van der Waals surface area contributed by atoms with Gasteiger partial charge < -0.3 is 11.1 Å². The predicted octanol–water partition coefficient (Wildman–Crippen LogP) is 4.21. The third-order valence-corrected chi connectivity index (χ3v) is 2.70. The minimum absolute atomic E-state index is 0. The van der Waals surface area contributed by atoms with E-state index in [1.54, 1.807) is 6.92 Å². The van der Waals surface area contributed by atoms with E-state index in [0.29, 0.717) is 12.1 Å². The minimum atomic E-state index is -4.95. The van der Waals surface area contributed by atoms with Crippen molar-refractivity contribution in [3.05, 3.63) is 29.3 Å². The topological polar surface area (TPSA) is 55.1 Å². The third kappa shape index (κ3) is 7.08. The van der Waals surface area contributed by atoms with Gasteiger partial charge in [0.25, 0.3) is 0 Å². The van der Waals surface area contributed by atoms with Gasteiger partial charge in [-0.15, -0.1) is 12.4 Å². The summed E-state index contributed by atoms with van der Waals surface area (Å²) < 4.78 is 75.8. The molecular formula is C13H15ClF6N2O. The lowest BCUT2D eigenvalue weighted by atomic mass is 10.1. The molecule has 132 valence electrons. The molecule has 0 aliphatic carbocycles. The van der Waals surface area contributed by atoms with Crippen molar-refractivity contribution in [3.8, 4) is 0 Å². The summed E-state index contributed by atoms with van der Waals surface area (Å²) in [4.78, 5) is 11.5. The number of carbonyl (C=O) groups excluding carboxylic acids is 1. The summed E-state index contributed by atoms with van der Waals surface area (Å²) >= 11 is 0. The van der Waals surface area contributed by atoms with Gasteiger partial charge in [0.2, 0.25) is 5.91 Å². The Hall–Kier alpha value is -1.48. The van der Waals surface area contributed by atoms with Crippen LogP contribution in [0.2, 0.25) is 0 Å². The lowest BCUT2D eigenvalue weighted by Gasteiger charge is -2.15. The van der Waals surface area contributed by atoms with Crippen molar-refractivity contribution in [2.24, 2.45) is 5.73 Å². The van der Waals surface area contributed by atoms with Gasteiger partial charge in [0.1, 0.15) is 0 Å². The largest absolute Gasteiger partial charge is 0.416 e. The van der Waals surface area contributed by atoms with Crippen LogP contribution in [0.1, 0.15) is 30.9 Å². The second-order valence-electron chi connectivity index (χ2n) is 4.86. The lowest BCUT2D eigenvalue weighted by Crippen LogP contribution is -2.20. The van der Waals surface area contributed by atoms with Gasteiger partial charge in [-0.3, -0.25) is 4.79 Å². The van der Waals surface area contributed by atoms with Crippen molar-refractivity contribution < 1.29 is 31.1 Å². The molecule has 1 amide bonds. The Morgan fingerprint density at radius 1 is 1.09 bits per heavy atom. The van der Waals surface area contributed by atoms with Crippen LogP contribution in [0.5, 0.6) is 0 Å². The molecule has 0 fully saturated rings. The summed E-state index contributed by atoms with van der Waals surface area (Å²) in [6.07, 6.45) is -9.74. The first-order chi connectivity index (χ1) is 9.89. The summed E-state index contributed by atoms with van der Waals surface area (Å²) in [5.74, 6) is -0.704. The zero-order chi connectivity index (χ0) is 17.1. The molecule has 3 nitrogen and oxygen atoms in total. The zero-order valence-corrected chi connectivity index (χ0v) is 12.7. The highest BCUT2D eigenvalue weighted by atomic mass is 35.5. The van der Waals surface area contributed by atoms with Crippen LogP contribution in [0.3, 0.4) is 0 Å². The second-order valence-corrected chi connectivity index (χ2v) is 4.86. The van der Waals surface area contributed by atoms with Crippen LogP contribution in [0.15, 0.2) is 18.2 Å². The molecule has 1 aromatic carbocycles. The molecule has 0 aliphatic heterocycles. The highest BCUT2D eigenvalue weighted by Gasteiger charge is 2.37. The van der Waals surface area contributed by atoms with Crippen molar-refractivity contribution in [1.82, 2.24) is 0 Å². The van der Waals surface area contributed by atoms with Crippen LogP contribution in [0.4, 0.5) is 32.0 Å². The normalized spacial score (nSPS) is 13.2. The molecule has 1 atom stereocenters. The number of nitrogens with two attached hydrogens (primary N) is 1. The molecule has 1 aromatic rings. The Morgan fingerprint density at radius 3 is 1.87 bits per heavy atom. The molecule has 23 heavy (non-hydrogen) atoms. The highest BCUT2D eigenvalue weighted by molar-refractivity contribution is 5.90. The Morgan fingerprint density at radius 2 is 1.52 bits per heavy atom. The molecule has 0 aliphatic rings. The van der Waals surface area contributed by atoms with Crippen LogP contribution < -0.4 is 11.1 Å². The number of carbonyl (C=O) groups is 1. The van der Waals surface area contributed by atoms with Gasteiger partial charge in [0.05, 0.1) is 11.1 Å². The monoisotopic (exact) mass is 364 g/mol. The first kappa shape index (κ1) is 21.5. The summed E-state index contributed by atoms with van der Waals surface area (Å²) in [7, 11) is 0. The fourth-order valence-corrected chi connectivity index (χ4v) is 1.61. The first-order valence-corrected chi connectivity index (χ1v) is 6.24. The summed E-state index contributed by atoms with van der Waals surface area (Å²) in [6.45, 7) is 1.62. The van der Waals surface area contributed by atoms with E-state index in [1.165, 1.54) is 0 Å². The maximum absolute atomic E-state index is 12.6. The van der Waals surface area contributed by atoms with Gasteiger partial charge in [0.15, 0.2) is 0 Å². The van der Waals surface area contributed by atoms with Gasteiger partial charge in [-0.25, -0.2) is 0 Å². The molecule has 0 spiro atoms. The van der Waals surface area contributed by atoms with Crippen molar-refractivity contribution in [3.63, 3.8) is 0 Å². The van der Waals surface area contributed by atoms with Gasteiger partial charge in [-0.05, 0) is 31.5 Å². The number of alkyl halides is 6. The van der Waals surface area contributed by atoms with E-state index in [4.69, 9.17) is 5.73 Å². The quantitative estimate of drug-likeness (QED) is 0.786. The number of rotatable bonds is 4. The number of nitrogens with one attached hydrogen (secondary N) is 1. The zero-order valence-electron chi connectivity index (χ0n) is 11.9. The molecule has 1 unspecified atom stereocenters. The van der Waals surface area contributed by atoms with Crippen molar-refractivity contribution in [2.45, 2.75) is 38.2 Å². The molecule has 1 rings (SSSR count). The van der Waals surface area contributed by atoms with E-state index in [1.807, 2.05) is 5.32 Å². The van der Waals surface area contributed by atoms with Gasteiger partial charge >= 0.3 is 12.4 Å². The fourth-order valence-electron chi connectivity index (χ4n) is 1.61. The van der Waals surface area contributed by atoms with Crippen LogP contribution in [0, 0.1) is 0 Å². The molecule has 0 saturated heterocycles. The average Bonchev–Trinajstić information content (AvgIpc) is 2.34. The number of amides is 1. The van der Waals surface area contributed by atoms with Crippen LogP contribution in [0.25, 0.3) is 0 Å². The molecule has 0 radical (unpaired) electrons. The Balaban J connectivity index is 0.00000484. The van der Waals surface area contributed by atoms with Gasteiger partial charge in [0, 0.05) is 18.2 Å². The predicted molar refractivity (Wildman–Crippen MR) is 75.2 cm³/mol. The van der Waals surface area contributed by atoms with E-state index in [0.717, 1.165) is 0 Å². The van der Waals surface area contributed by atoms with E-state index < -0.39 is 35.1 Å². The van der Waals surface area contributed by atoms with E-state index in [9.17, 15) is 31.1 Å². The molecule has 10 heteroatoms. The van der Waals surface area contributed by atoms with Crippen molar-refractivity contribution in [2.75, 3.05) is 5.32 Å². The Kier molecular flexibility index (Phi) is 7.36. The standard InChI is InChI=1S/C13H14F6N2O.ClH/c1-7(20)2-3-11(22)21-10-5-8(12(14,15)16)4-9(6-10)13(17,18)19;/h4-7H,2-3,20H2,1H3,(H,21,22);1H. The van der Waals surface area contributed by atoms with Crippen LogP contribution in [-0.4, -0.2) is 11.9 Å². The molecule has 3 N–H and O–H groups in total. The van der Waals surface area contributed by atoms with Crippen molar-refractivity contribution >= 4 is 24.0 Å². The second kappa shape index (κ2) is 7.87. The number of hydrogen-bond acceptors (Lipinski definition) is 2. The Bertz CT molecular complexity index is 510. The van der Waals surface area contributed by atoms with E-state index in [2.05, 4.69) is 0 Å². The van der Waals surface area contributed by atoms with Gasteiger partial charge in [-0.2, -0.15) is 26.3 Å². The first-order valence-electron chi connectivity index (χ1n) is 6.24. The van der Waals surface area contributed by atoms with Crippen LogP contribution >= 0.6 is 12.4 Å². The SMILES string of the molecule is CC(N)CCC(=O)Nc1cc(C(F)(F)F)cc(C(F)(F)F)c1.Cl. The van der Waals surface area contributed by atoms with E-state index >= 15 is 0 Å². The lowest BCUT2D eigenvalue weighted by molar-refractivity contribution is -0.143.